The summed E-state index contributed by atoms with van der Waals surface area (Å²) in [5, 5.41) is 0.996. The lowest BCUT2D eigenvalue weighted by atomic mass is 10.1. The summed E-state index contributed by atoms with van der Waals surface area (Å²) in [6.07, 6.45) is 1.07. The zero-order valence-corrected chi connectivity index (χ0v) is 13.4. The van der Waals surface area contributed by atoms with Crippen molar-refractivity contribution in [3.63, 3.8) is 0 Å². The Balaban J connectivity index is 2.33. The second kappa shape index (κ2) is 5.83. The van der Waals surface area contributed by atoms with Crippen LogP contribution in [0.1, 0.15) is 35.5 Å². The smallest absolute Gasteiger partial charge is 0.265 e. The normalized spacial score (nSPS) is 12.6. The van der Waals surface area contributed by atoms with Crippen LogP contribution in [-0.4, -0.2) is 24.4 Å². The number of amides is 1. The highest BCUT2D eigenvalue weighted by atomic mass is 32.1. The number of nitrogen functional groups attached to an aromatic ring is 1. The molecule has 4 heteroatoms. The van der Waals surface area contributed by atoms with Crippen LogP contribution in [0.2, 0.25) is 0 Å². The van der Waals surface area contributed by atoms with Gasteiger partial charge in [0.1, 0.15) is 4.88 Å². The Kier molecular flexibility index (Phi) is 4.33. The van der Waals surface area contributed by atoms with E-state index in [4.69, 9.17) is 5.73 Å². The van der Waals surface area contributed by atoms with Gasteiger partial charge in [0.15, 0.2) is 0 Å². The summed E-state index contributed by atoms with van der Waals surface area (Å²) in [6.45, 7) is 7.09. The maximum atomic E-state index is 12.5. The van der Waals surface area contributed by atoms with Gasteiger partial charge >= 0.3 is 0 Å². The predicted molar refractivity (Wildman–Crippen MR) is 87.4 cm³/mol. The maximum Gasteiger partial charge on any atom is 0.265 e. The lowest BCUT2D eigenvalue weighted by Crippen LogP contribution is -2.30. The van der Waals surface area contributed by atoms with Crippen molar-refractivity contribution in [3.05, 3.63) is 28.6 Å². The molecular formula is C16H22N2OS. The summed E-state index contributed by atoms with van der Waals surface area (Å²) >= 11 is 1.49. The van der Waals surface area contributed by atoms with Crippen molar-refractivity contribution in [1.82, 2.24) is 4.90 Å². The average molecular weight is 290 g/mol. The van der Waals surface area contributed by atoms with E-state index in [1.54, 1.807) is 4.90 Å². The molecule has 1 amide bonds. The SMILES string of the molecule is CCC(C)CN(C)C(=O)c1sc2ccc(C)cc2c1N. The van der Waals surface area contributed by atoms with Crippen molar-refractivity contribution in [2.45, 2.75) is 27.2 Å². The number of anilines is 1. The van der Waals surface area contributed by atoms with Crippen LogP contribution in [0.3, 0.4) is 0 Å². The van der Waals surface area contributed by atoms with Gasteiger partial charge in [-0.2, -0.15) is 0 Å². The fourth-order valence-electron chi connectivity index (χ4n) is 2.24. The number of hydrogen-bond donors (Lipinski definition) is 1. The van der Waals surface area contributed by atoms with E-state index in [2.05, 4.69) is 19.9 Å². The number of nitrogens with zero attached hydrogens (tertiary/aromatic N) is 1. The van der Waals surface area contributed by atoms with Gasteiger partial charge in [0.25, 0.3) is 5.91 Å². The van der Waals surface area contributed by atoms with E-state index in [-0.39, 0.29) is 5.91 Å². The third-order valence-electron chi connectivity index (χ3n) is 3.71. The summed E-state index contributed by atoms with van der Waals surface area (Å²) in [6, 6.07) is 6.14. The minimum Gasteiger partial charge on any atom is -0.397 e. The molecule has 108 valence electrons. The van der Waals surface area contributed by atoms with Crippen molar-refractivity contribution >= 4 is 33.0 Å². The van der Waals surface area contributed by atoms with E-state index in [9.17, 15) is 4.79 Å². The molecule has 1 heterocycles. The van der Waals surface area contributed by atoms with Gasteiger partial charge in [-0.3, -0.25) is 4.79 Å². The van der Waals surface area contributed by atoms with E-state index in [0.717, 1.165) is 28.6 Å². The van der Waals surface area contributed by atoms with Gasteiger partial charge in [0.05, 0.1) is 5.69 Å². The molecule has 0 saturated carbocycles. The molecule has 2 aromatic rings. The van der Waals surface area contributed by atoms with Gasteiger partial charge in [-0.05, 0) is 25.0 Å². The van der Waals surface area contributed by atoms with Gasteiger partial charge in [0.2, 0.25) is 0 Å². The van der Waals surface area contributed by atoms with Gasteiger partial charge in [-0.1, -0.05) is 31.9 Å². The molecule has 2 N–H and O–H groups in total. The van der Waals surface area contributed by atoms with Crippen LogP contribution in [0.5, 0.6) is 0 Å². The predicted octanol–water partition coefficient (Wildman–Crippen LogP) is 3.91. The van der Waals surface area contributed by atoms with Gasteiger partial charge in [0, 0.05) is 23.7 Å². The molecule has 0 aliphatic heterocycles. The summed E-state index contributed by atoms with van der Waals surface area (Å²) in [4.78, 5) is 15.0. The first-order valence-electron chi connectivity index (χ1n) is 6.98. The molecule has 1 unspecified atom stereocenters. The number of carbonyl (C=O) groups is 1. The minimum atomic E-state index is 0.0293. The summed E-state index contributed by atoms with van der Waals surface area (Å²) in [7, 11) is 1.85. The Bertz CT molecular complexity index is 633. The van der Waals surface area contributed by atoms with Crippen molar-refractivity contribution in [2.75, 3.05) is 19.3 Å². The van der Waals surface area contributed by atoms with E-state index < -0.39 is 0 Å². The number of rotatable bonds is 4. The van der Waals surface area contributed by atoms with Crippen molar-refractivity contribution in [3.8, 4) is 0 Å². The number of benzene rings is 1. The molecule has 1 aromatic carbocycles. The summed E-state index contributed by atoms with van der Waals surface area (Å²) < 4.78 is 1.08. The molecule has 20 heavy (non-hydrogen) atoms. The molecule has 3 nitrogen and oxygen atoms in total. The minimum absolute atomic E-state index is 0.0293. The number of nitrogens with two attached hydrogens (primary N) is 1. The second-order valence-corrected chi connectivity index (χ2v) is 6.60. The first kappa shape index (κ1) is 14.9. The zero-order chi connectivity index (χ0) is 14.9. The molecule has 1 atom stereocenters. The zero-order valence-electron chi connectivity index (χ0n) is 12.6. The fraction of sp³-hybridized carbons (Fsp3) is 0.438. The third-order valence-corrected chi connectivity index (χ3v) is 4.88. The molecule has 1 aromatic heterocycles. The van der Waals surface area contributed by atoms with Crippen LogP contribution in [-0.2, 0) is 0 Å². The Labute approximate surface area is 124 Å². The lowest BCUT2D eigenvalue weighted by molar-refractivity contribution is 0.0780. The Morgan fingerprint density at radius 2 is 2.15 bits per heavy atom. The molecule has 2 rings (SSSR count). The van der Waals surface area contributed by atoms with Crippen LogP contribution in [0, 0.1) is 12.8 Å². The van der Waals surface area contributed by atoms with Gasteiger partial charge in [-0.25, -0.2) is 0 Å². The number of thiophene rings is 1. The van der Waals surface area contributed by atoms with Crippen LogP contribution in [0.25, 0.3) is 10.1 Å². The van der Waals surface area contributed by atoms with Crippen molar-refractivity contribution < 1.29 is 4.79 Å². The average Bonchev–Trinajstić information content (AvgIpc) is 2.75. The molecule has 0 aliphatic rings. The highest BCUT2D eigenvalue weighted by molar-refractivity contribution is 7.21. The van der Waals surface area contributed by atoms with Crippen molar-refractivity contribution in [1.29, 1.82) is 0 Å². The molecule has 0 saturated heterocycles. The Morgan fingerprint density at radius 1 is 1.45 bits per heavy atom. The third kappa shape index (κ3) is 2.80. The van der Waals surface area contributed by atoms with Gasteiger partial charge in [-0.15, -0.1) is 11.3 Å². The number of aryl methyl sites for hydroxylation is 1. The highest BCUT2D eigenvalue weighted by Crippen LogP contribution is 2.34. The largest absolute Gasteiger partial charge is 0.397 e. The molecule has 0 spiro atoms. The Morgan fingerprint density at radius 3 is 2.80 bits per heavy atom. The van der Waals surface area contributed by atoms with E-state index in [1.165, 1.54) is 11.3 Å². The molecule has 0 bridgehead atoms. The number of hydrogen-bond acceptors (Lipinski definition) is 3. The first-order chi connectivity index (χ1) is 9.43. The fourth-order valence-corrected chi connectivity index (χ4v) is 3.34. The van der Waals surface area contributed by atoms with Crippen LogP contribution in [0.15, 0.2) is 18.2 Å². The van der Waals surface area contributed by atoms with E-state index in [1.807, 2.05) is 26.1 Å². The molecule has 0 fully saturated rings. The van der Waals surface area contributed by atoms with Crippen LogP contribution < -0.4 is 5.73 Å². The topological polar surface area (TPSA) is 46.3 Å². The second-order valence-electron chi connectivity index (χ2n) is 5.54. The number of carbonyl (C=O) groups excluding carboxylic acids is 1. The maximum absolute atomic E-state index is 12.5. The highest BCUT2D eigenvalue weighted by Gasteiger charge is 2.20. The number of fused-ring (bicyclic) bond motifs is 1. The standard InChI is InChI=1S/C16H22N2OS/c1-5-10(2)9-18(4)16(19)15-14(17)12-8-11(3)6-7-13(12)20-15/h6-8,10H,5,9,17H2,1-4H3. The van der Waals surface area contributed by atoms with Crippen LogP contribution in [0.4, 0.5) is 5.69 Å². The summed E-state index contributed by atoms with van der Waals surface area (Å²) in [5.74, 6) is 0.531. The quantitative estimate of drug-likeness (QED) is 0.928. The monoisotopic (exact) mass is 290 g/mol. The molecule has 0 radical (unpaired) electrons. The molecule has 0 aliphatic carbocycles. The van der Waals surface area contributed by atoms with Crippen molar-refractivity contribution in [2.24, 2.45) is 5.92 Å². The molecular weight excluding hydrogens is 268 g/mol. The van der Waals surface area contributed by atoms with E-state index in [0.29, 0.717) is 16.5 Å². The van der Waals surface area contributed by atoms with Gasteiger partial charge < -0.3 is 10.6 Å². The van der Waals surface area contributed by atoms with E-state index >= 15 is 0 Å². The first-order valence-corrected chi connectivity index (χ1v) is 7.79. The van der Waals surface area contributed by atoms with Crippen LogP contribution >= 0.6 is 11.3 Å². The lowest BCUT2D eigenvalue weighted by Gasteiger charge is -2.20. The Hall–Kier alpha value is -1.55. The summed E-state index contributed by atoms with van der Waals surface area (Å²) in [5.41, 5.74) is 7.95.